The number of para-hydroxylation sites is 1. The zero-order valence-electron chi connectivity index (χ0n) is 11.8. The lowest BCUT2D eigenvalue weighted by Crippen LogP contribution is -2.33. The van der Waals surface area contributed by atoms with E-state index in [2.05, 4.69) is 22.2 Å². The summed E-state index contributed by atoms with van der Waals surface area (Å²) in [5.74, 6) is -0.796. The van der Waals surface area contributed by atoms with Crippen molar-refractivity contribution in [3.63, 3.8) is 0 Å². The first-order valence-electron chi connectivity index (χ1n) is 6.95. The highest BCUT2D eigenvalue weighted by Crippen LogP contribution is 2.27. The van der Waals surface area contributed by atoms with Crippen molar-refractivity contribution < 1.29 is 14.6 Å². The number of carboxylic acid groups (broad SMARTS) is 1. The third kappa shape index (κ3) is 2.80. The summed E-state index contributed by atoms with van der Waals surface area (Å²) in [6.45, 7) is 3.41. The van der Waals surface area contributed by atoms with E-state index in [1.165, 1.54) is 0 Å². The van der Waals surface area contributed by atoms with Crippen LogP contribution in [0.2, 0.25) is 0 Å². The molecule has 1 aliphatic rings. The highest BCUT2D eigenvalue weighted by atomic mass is 16.5. The molecule has 3 rings (SSSR count). The van der Waals surface area contributed by atoms with Crippen molar-refractivity contribution in [3.8, 4) is 0 Å². The van der Waals surface area contributed by atoms with Crippen LogP contribution in [0.4, 0.5) is 5.82 Å². The van der Waals surface area contributed by atoms with E-state index in [4.69, 9.17) is 9.84 Å². The van der Waals surface area contributed by atoms with E-state index >= 15 is 0 Å². The summed E-state index contributed by atoms with van der Waals surface area (Å²) in [4.78, 5) is 19.3. The molecule has 6 nitrogen and oxygen atoms in total. The fraction of sp³-hybridized carbons (Fsp3) is 0.400. The molecule has 1 saturated heterocycles. The minimum atomic E-state index is -1.13. The third-order valence-electron chi connectivity index (χ3n) is 3.72. The Labute approximate surface area is 122 Å². The van der Waals surface area contributed by atoms with E-state index in [1.54, 1.807) is 6.07 Å². The van der Waals surface area contributed by atoms with Crippen molar-refractivity contribution in [3.05, 3.63) is 30.1 Å². The number of nitrogens with one attached hydrogen (secondary N) is 1. The van der Waals surface area contributed by atoms with Crippen LogP contribution in [0.1, 0.15) is 30.4 Å². The van der Waals surface area contributed by atoms with Gasteiger partial charge in [0.15, 0.2) is 0 Å². The molecule has 1 aliphatic heterocycles. The molecule has 0 amide bonds. The number of benzene rings is 1. The standard InChI is InChI=1S/C15H17N3O3/c1-15(7-4-8-21-15)9-16-12-10-5-2-3-6-11(10)17-13(18-12)14(19)20/h2-3,5-6H,4,7-9H2,1H3,(H,19,20)(H,16,17,18). The predicted molar refractivity (Wildman–Crippen MR) is 78.6 cm³/mol. The lowest BCUT2D eigenvalue weighted by atomic mass is 10.0. The van der Waals surface area contributed by atoms with Gasteiger partial charge < -0.3 is 15.2 Å². The number of aromatic nitrogens is 2. The van der Waals surface area contributed by atoms with E-state index in [9.17, 15) is 4.79 Å². The van der Waals surface area contributed by atoms with Crippen molar-refractivity contribution in [2.45, 2.75) is 25.4 Å². The molecule has 0 bridgehead atoms. The molecule has 0 saturated carbocycles. The second-order valence-electron chi connectivity index (χ2n) is 5.47. The van der Waals surface area contributed by atoms with Crippen LogP contribution in [-0.4, -0.2) is 39.8 Å². The van der Waals surface area contributed by atoms with Gasteiger partial charge in [-0.3, -0.25) is 0 Å². The predicted octanol–water partition coefficient (Wildman–Crippen LogP) is 2.31. The van der Waals surface area contributed by atoms with Gasteiger partial charge in [0.2, 0.25) is 5.82 Å². The first-order chi connectivity index (χ1) is 10.1. The summed E-state index contributed by atoms with van der Waals surface area (Å²) in [6, 6.07) is 7.36. The molecule has 1 atom stereocenters. The van der Waals surface area contributed by atoms with E-state index in [1.807, 2.05) is 18.2 Å². The van der Waals surface area contributed by atoms with Crippen molar-refractivity contribution in [2.75, 3.05) is 18.5 Å². The van der Waals surface area contributed by atoms with Gasteiger partial charge in [-0.15, -0.1) is 0 Å². The first kappa shape index (κ1) is 13.8. The summed E-state index contributed by atoms with van der Waals surface area (Å²) < 4.78 is 5.73. The number of ether oxygens (including phenoxy) is 1. The van der Waals surface area contributed by atoms with Crippen LogP contribution in [0.3, 0.4) is 0 Å². The Kier molecular flexibility index (Phi) is 3.47. The van der Waals surface area contributed by atoms with Crippen LogP contribution < -0.4 is 5.32 Å². The van der Waals surface area contributed by atoms with E-state index in [0.29, 0.717) is 17.9 Å². The molecule has 1 fully saturated rings. The van der Waals surface area contributed by atoms with Gasteiger partial charge in [-0.25, -0.2) is 14.8 Å². The number of aromatic carboxylic acids is 1. The summed E-state index contributed by atoms with van der Waals surface area (Å²) in [7, 11) is 0. The van der Waals surface area contributed by atoms with Crippen molar-refractivity contribution in [2.24, 2.45) is 0 Å². The van der Waals surface area contributed by atoms with Crippen LogP contribution in [0.15, 0.2) is 24.3 Å². The van der Waals surface area contributed by atoms with Crippen molar-refractivity contribution in [1.29, 1.82) is 0 Å². The Bertz CT molecular complexity index is 681. The molecule has 6 heteroatoms. The second kappa shape index (κ2) is 5.29. The van der Waals surface area contributed by atoms with Gasteiger partial charge in [0.05, 0.1) is 11.1 Å². The summed E-state index contributed by atoms with van der Waals surface area (Å²) in [5.41, 5.74) is 0.389. The molecule has 2 aromatic rings. The molecular weight excluding hydrogens is 270 g/mol. The number of anilines is 1. The zero-order chi connectivity index (χ0) is 14.9. The topological polar surface area (TPSA) is 84.3 Å². The smallest absolute Gasteiger partial charge is 0.374 e. The van der Waals surface area contributed by atoms with Crippen molar-refractivity contribution >= 4 is 22.7 Å². The summed E-state index contributed by atoms with van der Waals surface area (Å²) in [6.07, 6.45) is 2.03. The van der Waals surface area contributed by atoms with E-state index in [0.717, 1.165) is 24.8 Å². The van der Waals surface area contributed by atoms with Crippen LogP contribution in [-0.2, 0) is 4.74 Å². The van der Waals surface area contributed by atoms with Gasteiger partial charge in [-0.1, -0.05) is 12.1 Å². The van der Waals surface area contributed by atoms with Crippen LogP contribution in [0.5, 0.6) is 0 Å². The molecule has 21 heavy (non-hydrogen) atoms. The monoisotopic (exact) mass is 287 g/mol. The molecule has 2 N–H and O–H groups in total. The molecule has 0 aliphatic carbocycles. The molecule has 0 spiro atoms. The minimum absolute atomic E-state index is 0.200. The summed E-state index contributed by atoms with van der Waals surface area (Å²) in [5, 5.41) is 13.2. The Hall–Kier alpha value is -2.21. The molecular formula is C15H17N3O3. The summed E-state index contributed by atoms with van der Waals surface area (Å²) >= 11 is 0. The average molecular weight is 287 g/mol. The molecule has 1 unspecified atom stereocenters. The fourth-order valence-corrected chi connectivity index (χ4v) is 2.55. The normalized spacial score (nSPS) is 21.6. The third-order valence-corrected chi connectivity index (χ3v) is 3.72. The highest BCUT2D eigenvalue weighted by Gasteiger charge is 2.29. The molecule has 1 aromatic carbocycles. The van der Waals surface area contributed by atoms with E-state index in [-0.39, 0.29) is 11.4 Å². The number of rotatable bonds is 4. The fourth-order valence-electron chi connectivity index (χ4n) is 2.55. The zero-order valence-corrected chi connectivity index (χ0v) is 11.8. The number of hydrogen-bond donors (Lipinski definition) is 2. The Morgan fingerprint density at radius 1 is 1.43 bits per heavy atom. The Morgan fingerprint density at radius 3 is 2.95 bits per heavy atom. The van der Waals surface area contributed by atoms with Gasteiger partial charge in [-0.2, -0.15) is 0 Å². The highest BCUT2D eigenvalue weighted by molar-refractivity contribution is 5.93. The lowest BCUT2D eigenvalue weighted by Gasteiger charge is -2.24. The molecule has 110 valence electrons. The molecule has 2 heterocycles. The SMILES string of the molecule is CC1(CNc2nc(C(=O)O)nc3ccccc23)CCCO1. The maximum Gasteiger partial charge on any atom is 0.374 e. The maximum atomic E-state index is 11.1. The largest absolute Gasteiger partial charge is 0.475 e. The van der Waals surface area contributed by atoms with Crippen LogP contribution >= 0.6 is 0 Å². The second-order valence-corrected chi connectivity index (χ2v) is 5.47. The maximum absolute atomic E-state index is 11.1. The number of carbonyl (C=O) groups is 1. The van der Waals surface area contributed by atoms with Gasteiger partial charge in [-0.05, 0) is 31.9 Å². The van der Waals surface area contributed by atoms with Gasteiger partial charge in [0, 0.05) is 18.5 Å². The Balaban J connectivity index is 1.94. The lowest BCUT2D eigenvalue weighted by molar-refractivity contribution is 0.0315. The van der Waals surface area contributed by atoms with Crippen molar-refractivity contribution in [1.82, 2.24) is 9.97 Å². The first-order valence-corrected chi connectivity index (χ1v) is 6.95. The van der Waals surface area contributed by atoms with E-state index < -0.39 is 5.97 Å². The molecule has 1 aromatic heterocycles. The van der Waals surface area contributed by atoms with Crippen LogP contribution in [0.25, 0.3) is 10.9 Å². The number of carboxylic acids is 1. The number of hydrogen-bond acceptors (Lipinski definition) is 5. The van der Waals surface area contributed by atoms with Crippen LogP contribution in [0, 0.1) is 0 Å². The Morgan fingerprint density at radius 2 is 2.24 bits per heavy atom. The number of fused-ring (bicyclic) bond motifs is 1. The number of nitrogens with zero attached hydrogens (tertiary/aromatic N) is 2. The van der Waals surface area contributed by atoms with Gasteiger partial charge in [0.1, 0.15) is 5.82 Å². The minimum Gasteiger partial charge on any atom is -0.475 e. The quantitative estimate of drug-likeness (QED) is 0.897. The van der Waals surface area contributed by atoms with Gasteiger partial charge >= 0.3 is 5.97 Å². The molecule has 0 radical (unpaired) electrons. The van der Waals surface area contributed by atoms with Gasteiger partial charge in [0.25, 0.3) is 0 Å². The average Bonchev–Trinajstić information content (AvgIpc) is 2.91.